The highest BCUT2D eigenvalue weighted by atomic mass is 16.5. The number of nitrogens with zero attached hydrogens (tertiary/aromatic N) is 2. The van der Waals surface area contributed by atoms with Gasteiger partial charge in [-0.3, -0.25) is 14.5 Å². The van der Waals surface area contributed by atoms with Crippen molar-refractivity contribution in [3.63, 3.8) is 0 Å². The van der Waals surface area contributed by atoms with Gasteiger partial charge in [-0.15, -0.1) is 0 Å². The van der Waals surface area contributed by atoms with Crippen LogP contribution in [0.1, 0.15) is 40.2 Å². The van der Waals surface area contributed by atoms with Crippen LogP contribution in [0.25, 0.3) is 11.0 Å². The molecule has 0 bridgehead atoms. The third kappa shape index (κ3) is 4.08. The maximum Gasteiger partial charge on any atom is 0.296 e. The lowest BCUT2D eigenvalue weighted by molar-refractivity contribution is 0.0970. The normalized spacial score (nSPS) is 14.5. The van der Waals surface area contributed by atoms with E-state index in [1.54, 1.807) is 48.7 Å². The zero-order valence-electron chi connectivity index (χ0n) is 20.7. The smallest absolute Gasteiger partial charge is 0.296 e. The summed E-state index contributed by atoms with van der Waals surface area (Å²) in [6.07, 6.45) is 1.61. The molecule has 1 unspecified atom stereocenters. The lowest BCUT2D eigenvalue weighted by Gasteiger charge is -2.25. The van der Waals surface area contributed by atoms with Crippen LogP contribution in [0.2, 0.25) is 0 Å². The van der Waals surface area contributed by atoms with Crippen molar-refractivity contribution < 1.29 is 18.7 Å². The number of para-hydroxylation sites is 1. The van der Waals surface area contributed by atoms with Crippen molar-refractivity contribution in [2.24, 2.45) is 0 Å². The Morgan fingerprint density at radius 1 is 0.868 bits per heavy atom. The SMILES string of the molecule is CCOc1cc(C2c3c(oc4ccccc4c3=O)C(=O)N2c2ccccn2)ccc1OCc1ccccc1. The minimum atomic E-state index is -0.754. The van der Waals surface area contributed by atoms with Gasteiger partial charge in [-0.2, -0.15) is 0 Å². The van der Waals surface area contributed by atoms with Crippen molar-refractivity contribution in [1.82, 2.24) is 4.98 Å². The fourth-order valence-electron chi connectivity index (χ4n) is 4.79. The van der Waals surface area contributed by atoms with Crippen molar-refractivity contribution in [2.45, 2.75) is 19.6 Å². The predicted octanol–water partition coefficient (Wildman–Crippen LogP) is 5.92. The van der Waals surface area contributed by atoms with Crippen molar-refractivity contribution in [3.8, 4) is 11.5 Å². The third-order valence-corrected chi connectivity index (χ3v) is 6.49. The van der Waals surface area contributed by atoms with Gasteiger partial charge < -0.3 is 13.9 Å². The van der Waals surface area contributed by atoms with Crippen molar-refractivity contribution in [1.29, 1.82) is 0 Å². The maximum absolute atomic E-state index is 13.7. The van der Waals surface area contributed by atoms with E-state index in [-0.39, 0.29) is 16.8 Å². The fraction of sp³-hybridized carbons (Fsp3) is 0.129. The Bertz CT molecular complexity index is 1680. The van der Waals surface area contributed by atoms with Crippen LogP contribution >= 0.6 is 0 Å². The first kappa shape index (κ1) is 23.5. The Labute approximate surface area is 218 Å². The van der Waals surface area contributed by atoms with E-state index in [2.05, 4.69) is 4.98 Å². The molecule has 0 N–H and O–H groups in total. The van der Waals surface area contributed by atoms with Gasteiger partial charge in [0.2, 0.25) is 5.76 Å². The van der Waals surface area contributed by atoms with E-state index in [1.165, 1.54) is 4.90 Å². The molecular weight excluding hydrogens is 480 g/mol. The summed E-state index contributed by atoms with van der Waals surface area (Å²) in [6, 6.07) is 26.8. The lowest BCUT2D eigenvalue weighted by Crippen LogP contribution is -2.30. The molecule has 6 rings (SSSR count). The highest BCUT2D eigenvalue weighted by Gasteiger charge is 2.44. The number of pyridine rings is 1. The van der Waals surface area contributed by atoms with Crippen LogP contribution in [0, 0.1) is 0 Å². The second-order valence-corrected chi connectivity index (χ2v) is 8.85. The largest absolute Gasteiger partial charge is 0.490 e. The van der Waals surface area contributed by atoms with Gasteiger partial charge in [0.15, 0.2) is 16.9 Å². The van der Waals surface area contributed by atoms with Gasteiger partial charge in [0, 0.05) is 6.20 Å². The Morgan fingerprint density at radius 2 is 1.66 bits per heavy atom. The summed E-state index contributed by atoms with van der Waals surface area (Å²) in [6.45, 7) is 2.69. The number of rotatable bonds is 7. The number of benzene rings is 3. The first-order valence-electron chi connectivity index (χ1n) is 12.4. The van der Waals surface area contributed by atoms with Crippen LogP contribution in [0.5, 0.6) is 11.5 Å². The number of amides is 1. The van der Waals surface area contributed by atoms with Gasteiger partial charge in [-0.1, -0.05) is 54.6 Å². The summed E-state index contributed by atoms with van der Waals surface area (Å²) >= 11 is 0. The second kappa shape index (κ2) is 9.86. The second-order valence-electron chi connectivity index (χ2n) is 8.85. The number of aromatic nitrogens is 1. The van der Waals surface area contributed by atoms with Crippen LogP contribution in [0.3, 0.4) is 0 Å². The Morgan fingerprint density at radius 3 is 2.45 bits per heavy atom. The van der Waals surface area contributed by atoms with E-state index in [9.17, 15) is 9.59 Å². The summed E-state index contributed by atoms with van der Waals surface area (Å²) < 4.78 is 18.0. The number of hydrogen-bond donors (Lipinski definition) is 0. The topological polar surface area (TPSA) is 81.9 Å². The highest BCUT2D eigenvalue weighted by molar-refractivity contribution is 6.10. The van der Waals surface area contributed by atoms with Gasteiger partial charge in [-0.25, -0.2) is 4.98 Å². The van der Waals surface area contributed by atoms with E-state index < -0.39 is 11.9 Å². The molecule has 0 spiro atoms. The molecule has 1 aliphatic rings. The number of carbonyl (C=O) groups is 1. The van der Waals surface area contributed by atoms with Crippen molar-refractivity contribution in [2.75, 3.05) is 11.5 Å². The molecule has 0 saturated heterocycles. The number of hydrogen-bond acceptors (Lipinski definition) is 6. The highest BCUT2D eigenvalue weighted by Crippen LogP contribution is 2.42. The van der Waals surface area contributed by atoms with E-state index in [4.69, 9.17) is 13.9 Å². The van der Waals surface area contributed by atoms with E-state index >= 15 is 0 Å². The number of ether oxygens (including phenoxy) is 2. The predicted molar refractivity (Wildman–Crippen MR) is 144 cm³/mol. The molecule has 7 nitrogen and oxygen atoms in total. The van der Waals surface area contributed by atoms with Crippen LogP contribution in [-0.2, 0) is 6.61 Å². The van der Waals surface area contributed by atoms with Gasteiger partial charge in [0.05, 0.1) is 23.6 Å². The third-order valence-electron chi connectivity index (χ3n) is 6.49. The number of carbonyl (C=O) groups excluding carboxylic acids is 1. The quantitative estimate of drug-likeness (QED) is 0.274. The maximum atomic E-state index is 13.7. The van der Waals surface area contributed by atoms with Crippen molar-refractivity contribution >= 4 is 22.7 Å². The molecule has 0 radical (unpaired) electrons. The molecule has 0 aliphatic carbocycles. The van der Waals surface area contributed by atoms with E-state index in [0.29, 0.717) is 47.1 Å². The number of anilines is 1. The summed E-state index contributed by atoms with van der Waals surface area (Å²) in [7, 11) is 0. The van der Waals surface area contributed by atoms with Gasteiger partial charge in [-0.05, 0) is 54.4 Å². The Kier molecular flexibility index (Phi) is 6.09. The average molecular weight is 505 g/mol. The van der Waals surface area contributed by atoms with Gasteiger partial charge in [0.1, 0.15) is 18.0 Å². The summed E-state index contributed by atoms with van der Waals surface area (Å²) in [4.78, 5) is 33.4. The number of fused-ring (bicyclic) bond motifs is 2. The van der Waals surface area contributed by atoms with Gasteiger partial charge in [0.25, 0.3) is 5.91 Å². The summed E-state index contributed by atoms with van der Waals surface area (Å²) in [5.41, 5.74) is 2.10. The van der Waals surface area contributed by atoms with E-state index in [0.717, 1.165) is 5.56 Å². The lowest BCUT2D eigenvalue weighted by atomic mass is 9.98. The molecule has 1 atom stereocenters. The molecule has 7 heteroatoms. The zero-order valence-corrected chi connectivity index (χ0v) is 20.7. The molecule has 38 heavy (non-hydrogen) atoms. The Balaban J connectivity index is 1.49. The Hall–Kier alpha value is -4.91. The standard InChI is InChI=1S/C31H24N2O5/c1-2-36-25-18-21(15-16-24(25)37-19-20-10-4-3-5-11-20)28-27-29(34)22-12-6-7-13-23(22)38-30(27)31(35)33(28)26-14-8-9-17-32-26/h3-18,28H,2,19H2,1H3. The fourth-order valence-corrected chi connectivity index (χ4v) is 4.79. The van der Waals surface area contributed by atoms with E-state index in [1.807, 2.05) is 55.5 Å². The minimum absolute atomic E-state index is 0.0201. The molecule has 3 aromatic carbocycles. The molecule has 2 aromatic heterocycles. The van der Waals surface area contributed by atoms with Crippen LogP contribution < -0.4 is 19.8 Å². The zero-order chi connectivity index (χ0) is 26.1. The van der Waals surface area contributed by atoms with Gasteiger partial charge >= 0.3 is 0 Å². The molecule has 1 amide bonds. The molecule has 1 aliphatic heterocycles. The minimum Gasteiger partial charge on any atom is -0.490 e. The first-order valence-corrected chi connectivity index (χ1v) is 12.4. The van der Waals surface area contributed by atoms with Crippen LogP contribution in [0.4, 0.5) is 5.82 Å². The van der Waals surface area contributed by atoms with Crippen LogP contribution in [0.15, 0.2) is 106 Å². The average Bonchev–Trinajstić information content (AvgIpc) is 3.26. The summed E-state index contributed by atoms with van der Waals surface area (Å²) in [5.74, 6) is 1.10. The first-order chi connectivity index (χ1) is 18.7. The molecule has 188 valence electrons. The van der Waals surface area contributed by atoms with Crippen molar-refractivity contribution in [3.05, 3.63) is 130 Å². The molecule has 0 saturated carbocycles. The molecular formula is C31H24N2O5. The monoisotopic (exact) mass is 504 g/mol. The molecule has 0 fully saturated rings. The molecule has 5 aromatic rings. The summed E-state index contributed by atoms with van der Waals surface area (Å²) in [5, 5.41) is 0.416. The molecule has 3 heterocycles. The van der Waals surface area contributed by atoms with Crippen LogP contribution in [-0.4, -0.2) is 17.5 Å².